The Bertz CT molecular complexity index is 985. The number of hydrogen-bond acceptors (Lipinski definition) is 4. The van der Waals surface area contributed by atoms with Crippen molar-refractivity contribution in [3.63, 3.8) is 0 Å². The maximum atomic E-state index is 12.7. The Balaban J connectivity index is 1.83. The van der Waals surface area contributed by atoms with Crippen LogP contribution in [0, 0.1) is 0 Å². The predicted octanol–water partition coefficient (Wildman–Crippen LogP) is 5.08. The van der Waals surface area contributed by atoms with E-state index >= 15 is 0 Å². The average molecular weight is 385 g/mol. The van der Waals surface area contributed by atoms with Gasteiger partial charge in [0.1, 0.15) is 11.4 Å². The second-order valence-corrected chi connectivity index (χ2v) is 5.61. The zero-order valence-electron chi connectivity index (χ0n) is 14.4. The van der Waals surface area contributed by atoms with Crippen LogP contribution < -0.4 is 10.1 Å². The molecule has 8 heteroatoms. The molecule has 2 aromatic carbocycles. The smallest absolute Gasteiger partial charge is 0.416 e. The number of alkyl halides is 3. The van der Waals surface area contributed by atoms with Gasteiger partial charge in [-0.1, -0.05) is 18.7 Å². The minimum Gasteiger partial charge on any atom is -0.437 e. The molecule has 0 saturated carbocycles. The molecule has 0 fully saturated rings. The summed E-state index contributed by atoms with van der Waals surface area (Å²) >= 11 is 0. The van der Waals surface area contributed by atoms with Crippen LogP contribution in [-0.2, 0) is 11.0 Å². The Morgan fingerprint density at radius 1 is 1.00 bits per heavy atom. The Morgan fingerprint density at radius 3 is 2.25 bits per heavy atom. The molecule has 142 valence electrons. The molecule has 1 heterocycles. The molecule has 0 radical (unpaired) electrons. The third kappa shape index (κ3) is 4.53. The molecule has 0 saturated heterocycles. The van der Waals surface area contributed by atoms with Crippen molar-refractivity contribution >= 4 is 11.6 Å². The zero-order chi connectivity index (χ0) is 20.1. The van der Waals surface area contributed by atoms with Crippen molar-refractivity contribution in [1.29, 1.82) is 0 Å². The number of nitrogens with zero attached hydrogens (tertiary/aromatic N) is 2. The number of nitrogens with one attached hydrogen (secondary N) is 1. The van der Waals surface area contributed by atoms with Gasteiger partial charge in [0.05, 0.1) is 5.56 Å². The highest BCUT2D eigenvalue weighted by Crippen LogP contribution is 2.33. The lowest BCUT2D eigenvalue weighted by molar-refractivity contribution is -0.137. The van der Waals surface area contributed by atoms with Gasteiger partial charge < -0.3 is 10.1 Å². The molecule has 0 aliphatic heterocycles. The highest BCUT2D eigenvalue weighted by atomic mass is 19.4. The molecule has 5 nitrogen and oxygen atoms in total. The summed E-state index contributed by atoms with van der Waals surface area (Å²) in [4.78, 5) is 19.7. The van der Waals surface area contributed by atoms with Crippen molar-refractivity contribution in [2.45, 2.75) is 6.18 Å². The van der Waals surface area contributed by atoms with Gasteiger partial charge in [0.25, 0.3) is 0 Å². The number of anilines is 1. The Hall–Kier alpha value is -3.68. The quantitative estimate of drug-likeness (QED) is 0.622. The molecular formula is C20H14F3N3O2. The van der Waals surface area contributed by atoms with Gasteiger partial charge >= 0.3 is 6.18 Å². The molecule has 1 amide bonds. The van der Waals surface area contributed by atoms with E-state index in [9.17, 15) is 18.0 Å². The van der Waals surface area contributed by atoms with E-state index in [2.05, 4.69) is 21.9 Å². The number of carbonyl (C=O) groups excluding carboxylic acids is 1. The summed E-state index contributed by atoms with van der Waals surface area (Å²) in [5.41, 5.74) is 0.870. The number of carbonyl (C=O) groups is 1. The molecule has 0 atom stereocenters. The fraction of sp³-hybridized carbons (Fsp3) is 0.0500. The van der Waals surface area contributed by atoms with Crippen molar-refractivity contribution in [3.8, 4) is 22.9 Å². The Morgan fingerprint density at radius 2 is 1.64 bits per heavy atom. The fourth-order valence-corrected chi connectivity index (χ4v) is 2.33. The monoisotopic (exact) mass is 385 g/mol. The number of amides is 1. The van der Waals surface area contributed by atoms with Gasteiger partial charge in [-0.05, 0) is 42.5 Å². The minimum absolute atomic E-state index is 0.144. The summed E-state index contributed by atoms with van der Waals surface area (Å²) in [5, 5.41) is 2.63. The van der Waals surface area contributed by atoms with Crippen LogP contribution in [0.15, 0.2) is 73.6 Å². The van der Waals surface area contributed by atoms with Crippen molar-refractivity contribution in [1.82, 2.24) is 9.97 Å². The first-order valence-electron chi connectivity index (χ1n) is 8.07. The van der Waals surface area contributed by atoms with E-state index in [0.29, 0.717) is 16.9 Å². The van der Waals surface area contributed by atoms with Crippen LogP contribution in [0.1, 0.15) is 5.56 Å². The maximum absolute atomic E-state index is 12.7. The van der Waals surface area contributed by atoms with Crippen LogP contribution in [0.3, 0.4) is 0 Å². The minimum atomic E-state index is -4.42. The molecule has 0 bridgehead atoms. The number of aromatic nitrogens is 2. The highest BCUT2D eigenvalue weighted by molar-refractivity contribution is 5.98. The van der Waals surface area contributed by atoms with Crippen molar-refractivity contribution in [3.05, 3.63) is 79.1 Å². The lowest BCUT2D eigenvalue weighted by atomic mass is 10.1. The summed E-state index contributed by atoms with van der Waals surface area (Å²) in [6.07, 6.45) is -0.366. The van der Waals surface area contributed by atoms with Gasteiger partial charge in [-0.25, -0.2) is 9.97 Å². The highest BCUT2D eigenvalue weighted by Gasteiger charge is 2.30. The van der Waals surface area contributed by atoms with Crippen LogP contribution in [0.5, 0.6) is 11.6 Å². The predicted molar refractivity (Wildman–Crippen MR) is 97.8 cm³/mol. The zero-order valence-corrected chi connectivity index (χ0v) is 14.4. The molecular weight excluding hydrogens is 371 g/mol. The first kappa shape index (κ1) is 19.1. The molecule has 0 unspecified atom stereocenters. The molecule has 28 heavy (non-hydrogen) atoms. The number of hydrogen-bond donors (Lipinski definition) is 1. The average Bonchev–Trinajstić information content (AvgIpc) is 2.69. The Kier molecular flexibility index (Phi) is 5.39. The van der Waals surface area contributed by atoms with Gasteiger partial charge in [-0.15, -0.1) is 0 Å². The van der Waals surface area contributed by atoms with Gasteiger partial charge in [-0.3, -0.25) is 4.79 Å². The van der Waals surface area contributed by atoms with Gasteiger partial charge in [0, 0.05) is 23.6 Å². The molecule has 0 aliphatic carbocycles. The van der Waals surface area contributed by atoms with Gasteiger partial charge in [-0.2, -0.15) is 13.2 Å². The summed E-state index contributed by atoms with van der Waals surface area (Å²) in [7, 11) is 0. The summed E-state index contributed by atoms with van der Waals surface area (Å²) in [6.45, 7) is 3.38. The molecule has 1 N–H and O–H groups in total. The van der Waals surface area contributed by atoms with Crippen molar-refractivity contribution in [2.24, 2.45) is 0 Å². The van der Waals surface area contributed by atoms with Gasteiger partial charge in [0.2, 0.25) is 11.8 Å². The summed E-state index contributed by atoms with van der Waals surface area (Å²) < 4.78 is 43.6. The third-order valence-corrected chi connectivity index (χ3v) is 3.67. The maximum Gasteiger partial charge on any atom is 0.416 e. The van der Waals surface area contributed by atoms with Gasteiger partial charge in [0.15, 0.2) is 0 Å². The third-order valence-electron chi connectivity index (χ3n) is 3.67. The first-order chi connectivity index (χ1) is 13.4. The summed E-state index contributed by atoms with van der Waals surface area (Å²) in [6, 6.07) is 11.1. The van der Waals surface area contributed by atoms with Crippen LogP contribution >= 0.6 is 0 Å². The van der Waals surface area contributed by atoms with Crippen LogP contribution in [0.25, 0.3) is 11.3 Å². The number of halogens is 3. The number of rotatable bonds is 5. The van der Waals surface area contributed by atoms with E-state index in [1.54, 1.807) is 24.3 Å². The van der Waals surface area contributed by atoms with E-state index < -0.39 is 11.7 Å². The number of benzene rings is 2. The van der Waals surface area contributed by atoms with Crippen molar-refractivity contribution < 1.29 is 22.7 Å². The van der Waals surface area contributed by atoms with E-state index in [-0.39, 0.29) is 17.5 Å². The molecule has 0 spiro atoms. The van der Waals surface area contributed by atoms with Crippen molar-refractivity contribution in [2.75, 3.05) is 5.32 Å². The Labute approximate surface area is 158 Å². The van der Waals surface area contributed by atoms with Crippen LogP contribution in [-0.4, -0.2) is 15.9 Å². The van der Waals surface area contributed by atoms with E-state index in [4.69, 9.17) is 4.74 Å². The lowest BCUT2D eigenvalue weighted by Gasteiger charge is -2.11. The molecule has 1 aromatic heterocycles. The van der Waals surface area contributed by atoms with E-state index in [1.165, 1.54) is 24.5 Å². The van der Waals surface area contributed by atoms with Crippen LogP contribution in [0.2, 0.25) is 0 Å². The lowest BCUT2D eigenvalue weighted by Crippen LogP contribution is -2.06. The first-order valence-corrected chi connectivity index (χ1v) is 8.07. The van der Waals surface area contributed by atoms with E-state index in [1.807, 2.05) is 0 Å². The standard InChI is InChI=1S/C20H14F3N3O2/c1-2-17(27)26-15-7-3-13(4-8-15)18-19(25-12-11-24-18)28-16-9-5-14(6-10-16)20(21,22)23/h2-12H,1H2,(H,26,27). The summed E-state index contributed by atoms with van der Waals surface area (Å²) in [5.74, 6) is 0.00771. The fourth-order valence-electron chi connectivity index (χ4n) is 2.33. The topological polar surface area (TPSA) is 64.1 Å². The second-order valence-electron chi connectivity index (χ2n) is 5.61. The van der Waals surface area contributed by atoms with E-state index in [0.717, 1.165) is 18.2 Å². The molecule has 3 rings (SSSR count). The number of ether oxygens (including phenoxy) is 1. The van der Waals surface area contributed by atoms with Crippen LogP contribution in [0.4, 0.5) is 18.9 Å². The normalized spacial score (nSPS) is 11.0. The molecule has 3 aromatic rings. The molecule has 0 aliphatic rings. The SMILES string of the molecule is C=CC(=O)Nc1ccc(-c2nccnc2Oc2ccc(C(F)(F)F)cc2)cc1. The second kappa shape index (κ2) is 7.91. The largest absolute Gasteiger partial charge is 0.437 e.